The lowest BCUT2D eigenvalue weighted by atomic mass is 10.2. The minimum atomic E-state index is 0.230. The third-order valence-corrected chi connectivity index (χ3v) is 3.71. The highest BCUT2D eigenvalue weighted by Gasteiger charge is 2.22. The van der Waals surface area contributed by atoms with E-state index >= 15 is 0 Å². The van der Waals surface area contributed by atoms with Gasteiger partial charge in [-0.25, -0.2) is 0 Å². The van der Waals surface area contributed by atoms with Gasteiger partial charge in [-0.1, -0.05) is 31.5 Å². The molecule has 1 aromatic carbocycles. The first kappa shape index (κ1) is 13.4. The number of nitrogens with zero attached hydrogens (tertiary/aromatic N) is 1. The monoisotopic (exact) mass is 270 g/mol. The number of hydrogen-bond donors (Lipinski definition) is 1. The lowest BCUT2D eigenvalue weighted by Gasteiger charge is -2.20. The van der Waals surface area contributed by atoms with Crippen molar-refractivity contribution in [2.24, 2.45) is 0 Å². The van der Waals surface area contributed by atoms with Crippen LogP contribution in [0.25, 0.3) is 10.9 Å². The van der Waals surface area contributed by atoms with Gasteiger partial charge in [-0.05, 0) is 31.4 Å². The molecule has 0 radical (unpaired) electrons. The SMILES string of the molecule is CCCC(CNC1CC1)Oc1cccc2cccnc12. The van der Waals surface area contributed by atoms with Crippen molar-refractivity contribution in [3.05, 3.63) is 36.5 Å². The highest BCUT2D eigenvalue weighted by Crippen LogP contribution is 2.25. The lowest BCUT2D eigenvalue weighted by Crippen LogP contribution is -2.32. The molecular formula is C17H22N2O. The Morgan fingerprint density at radius 3 is 2.95 bits per heavy atom. The maximum atomic E-state index is 6.22. The van der Waals surface area contributed by atoms with E-state index in [4.69, 9.17) is 4.74 Å². The molecule has 0 aliphatic heterocycles. The summed E-state index contributed by atoms with van der Waals surface area (Å²) in [6.45, 7) is 3.14. The van der Waals surface area contributed by atoms with Crippen molar-refractivity contribution in [2.45, 2.75) is 44.8 Å². The van der Waals surface area contributed by atoms with Crippen LogP contribution in [0.15, 0.2) is 36.5 Å². The summed E-state index contributed by atoms with van der Waals surface area (Å²) in [5, 5.41) is 4.70. The smallest absolute Gasteiger partial charge is 0.146 e. The molecule has 3 heteroatoms. The fourth-order valence-corrected chi connectivity index (χ4v) is 2.46. The Balaban J connectivity index is 1.74. The van der Waals surface area contributed by atoms with Gasteiger partial charge in [0, 0.05) is 24.2 Å². The van der Waals surface area contributed by atoms with Crippen molar-refractivity contribution >= 4 is 10.9 Å². The van der Waals surface area contributed by atoms with Gasteiger partial charge in [0.15, 0.2) is 0 Å². The van der Waals surface area contributed by atoms with Crippen LogP contribution in [-0.2, 0) is 0 Å². The molecule has 1 fully saturated rings. The average molecular weight is 270 g/mol. The molecule has 0 bridgehead atoms. The van der Waals surface area contributed by atoms with Crippen LogP contribution in [-0.4, -0.2) is 23.7 Å². The number of nitrogens with one attached hydrogen (secondary N) is 1. The molecule has 0 amide bonds. The highest BCUT2D eigenvalue weighted by atomic mass is 16.5. The second-order valence-electron chi connectivity index (χ2n) is 5.54. The number of pyridine rings is 1. The molecule has 1 heterocycles. The lowest BCUT2D eigenvalue weighted by molar-refractivity contribution is 0.188. The van der Waals surface area contributed by atoms with E-state index in [0.717, 1.165) is 42.1 Å². The molecule has 1 unspecified atom stereocenters. The van der Waals surface area contributed by atoms with Gasteiger partial charge in [0.25, 0.3) is 0 Å². The van der Waals surface area contributed by atoms with Crippen LogP contribution in [0.3, 0.4) is 0 Å². The maximum absolute atomic E-state index is 6.22. The Morgan fingerprint density at radius 2 is 2.15 bits per heavy atom. The fourth-order valence-electron chi connectivity index (χ4n) is 2.46. The molecule has 1 N–H and O–H groups in total. The first-order valence-electron chi connectivity index (χ1n) is 7.60. The van der Waals surface area contributed by atoms with Crippen LogP contribution in [0, 0.1) is 0 Å². The molecule has 0 saturated heterocycles. The van der Waals surface area contributed by atoms with Crippen LogP contribution in [0.5, 0.6) is 5.75 Å². The Bertz CT molecular complexity index is 560. The number of para-hydroxylation sites is 1. The van der Waals surface area contributed by atoms with Gasteiger partial charge in [-0.3, -0.25) is 4.98 Å². The molecule has 2 aromatic rings. The first-order valence-corrected chi connectivity index (χ1v) is 7.60. The zero-order chi connectivity index (χ0) is 13.8. The van der Waals surface area contributed by atoms with Crippen LogP contribution in [0.1, 0.15) is 32.6 Å². The molecular weight excluding hydrogens is 248 g/mol. The summed E-state index contributed by atoms with van der Waals surface area (Å²) in [7, 11) is 0. The predicted molar refractivity (Wildman–Crippen MR) is 82.1 cm³/mol. The van der Waals surface area contributed by atoms with Crippen LogP contribution < -0.4 is 10.1 Å². The van der Waals surface area contributed by atoms with E-state index in [-0.39, 0.29) is 6.10 Å². The largest absolute Gasteiger partial charge is 0.487 e. The van der Waals surface area contributed by atoms with Crippen molar-refractivity contribution in [1.82, 2.24) is 10.3 Å². The number of ether oxygens (including phenoxy) is 1. The van der Waals surface area contributed by atoms with Gasteiger partial charge in [-0.15, -0.1) is 0 Å². The summed E-state index contributed by atoms with van der Waals surface area (Å²) < 4.78 is 6.22. The molecule has 1 aliphatic rings. The summed E-state index contributed by atoms with van der Waals surface area (Å²) in [6, 6.07) is 10.9. The van der Waals surface area contributed by atoms with E-state index in [1.165, 1.54) is 12.8 Å². The molecule has 1 aliphatic carbocycles. The number of hydrogen-bond acceptors (Lipinski definition) is 3. The van der Waals surface area contributed by atoms with Crippen molar-refractivity contribution < 1.29 is 4.74 Å². The zero-order valence-corrected chi connectivity index (χ0v) is 12.0. The second kappa shape index (κ2) is 6.23. The maximum Gasteiger partial charge on any atom is 0.146 e. The van der Waals surface area contributed by atoms with Gasteiger partial charge in [-0.2, -0.15) is 0 Å². The fraction of sp³-hybridized carbons (Fsp3) is 0.471. The van der Waals surface area contributed by atoms with Crippen molar-refractivity contribution in [3.63, 3.8) is 0 Å². The molecule has 106 valence electrons. The van der Waals surface area contributed by atoms with Crippen molar-refractivity contribution in [3.8, 4) is 5.75 Å². The zero-order valence-electron chi connectivity index (χ0n) is 12.0. The minimum Gasteiger partial charge on any atom is -0.487 e. The summed E-state index contributed by atoms with van der Waals surface area (Å²) in [5.74, 6) is 0.902. The summed E-state index contributed by atoms with van der Waals surface area (Å²) >= 11 is 0. The summed E-state index contributed by atoms with van der Waals surface area (Å²) in [4.78, 5) is 4.46. The minimum absolute atomic E-state index is 0.230. The van der Waals surface area contributed by atoms with Gasteiger partial charge < -0.3 is 10.1 Å². The number of aromatic nitrogens is 1. The predicted octanol–water partition coefficient (Wildman–Crippen LogP) is 3.53. The molecule has 1 saturated carbocycles. The Morgan fingerprint density at radius 1 is 1.30 bits per heavy atom. The number of benzene rings is 1. The topological polar surface area (TPSA) is 34.1 Å². The van der Waals surface area contributed by atoms with E-state index in [1.54, 1.807) is 0 Å². The van der Waals surface area contributed by atoms with Crippen LogP contribution >= 0.6 is 0 Å². The third kappa shape index (κ3) is 3.28. The first-order chi connectivity index (χ1) is 9.86. The molecule has 3 nitrogen and oxygen atoms in total. The molecule has 20 heavy (non-hydrogen) atoms. The third-order valence-electron chi connectivity index (χ3n) is 3.71. The van der Waals surface area contributed by atoms with Crippen molar-refractivity contribution in [1.29, 1.82) is 0 Å². The quantitative estimate of drug-likeness (QED) is 0.835. The van der Waals surface area contributed by atoms with Gasteiger partial charge in [0.05, 0.1) is 0 Å². The average Bonchev–Trinajstić information content (AvgIpc) is 3.30. The summed E-state index contributed by atoms with van der Waals surface area (Å²) in [5.41, 5.74) is 0.961. The van der Waals surface area contributed by atoms with Crippen LogP contribution in [0.2, 0.25) is 0 Å². The van der Waals surface area contributed by atoms with Gasteiger partial charge >= 0.3 is 0 Å². The molecule has 0 spiro atoms. The molecule has 1 atom stereocenters. The Labute approximate surface area is 120 Å². The van der Waals surface area contributed by atoms with Crippen molar-refractivity contribution in [2.75, 3.05) is 6.54 Å². The molecule has 3 rings (SSSR count). The highest BCUT2D eigenvalue weighted by molar-refractivity contribution is 5.84. The number of rotatable bonds is 7. The number of fused-ring (bicyclic) bond motifs is 1. The van der Waals surface area contributed by atoms with E-state index in [9.17, 15) is 0 Å². The van der Waals surface area contributed by atoms with E-state index in [1.807, 2.05) is 24.4 Å². The Hall–Kier alpha value is -1.61. The van der Waals surface area contributed by atoms with Crippen LogP contribution in [0.4, 0.5) is 0 Å². The molecule has 1 aromatic heterocycles. The van der Waals surface area contributed by atoms with Gasteiger partial charge in [0.2, 0.25) is 0 Å². The Kier molecular flexibility index (Phi) is 4.16. The standard InChI is InChI=1S/C17H22N2O/c1-2-5-15(12-19-14-9-10-14)20-16-8-3-6-13-7-4-11-18-17(13)16/h3-4,6-8,11,14-15,19H,2,5,9-10,12H2,1H3. The summed E-state index contributed by atoms with van der Waals surface area (Å²) in [6.07, 6.45) is 6.89. The van der Waals surface area contributed by atoms with Gasteiger partial charge in [0.1, 0.15) is 17.4 Å². The van der Waals surface area contributed by atoms with E-state index < -0.39 is 0 Å². The second-order valence-corrected chi connectivity index (χ2v) is 5.54. The normalized spacial score (nSPS) is 16.2. The van der Waals surface area contributed by atoms with E-state index in [0.29, 0.717) is 0 Å². The van der Waals surface area contributed by atoms with E-state index in [2.05, 4.69) is 29.4 Å².